The van der Waals surface area contributed by atoms with E-state index in [9.17, 15) is 9.59 Å². The van der Waals surface area contributed by atoms with E-state index in [-0.39, 0.29) is 17.9 Å². The number of nitrogens with zero attached hydrogens (tertiary/aromatic N) is 1. The highest BCUT2D eigenvalue weighted by atomic mass is 35.5. The molecule has 5 nitrogen and oxygen atoms in total. The van der Waals surface area contributed by atoms with Gasteiger partial charge < -0.3 is 10.6 Å². The first-order valence-electron chi connectivity index (χ1n) is 9.42. The summed E-state index contributed by atoms with van der Waals surface area (Å²) in [5.41, 5.74) is 2.29. The summed E-state index contributed by atoms with van der Waals surface area (Å²) in [6.45, 7) is 0.411. The lowest BCUT2D eigenvalue weighted by atomic mass is 10.0. The molecule has 0 aliphatic heterocycles. The van der Waals surface area contributed by atoms with Gasteiger partial charge in [0, 0.05) is 29.7 Å². The van der Waals surface area contributed by atoms with Gasteiger partial charge in [-0.25, -0.2) is 0 Å². The Bertz CT molecular complexity index is 892. The largest absolute Gasteiger partial charge is 0.352 e. The second-order valence-electron chi connectivity index (χ2n) is 6.53. The van der Waals surface area contributed by atoms with E-state index < -0.39 is 0 Å². The molecule has 3 aromatic rings. The molecule has 0 spiro atoms. The van der Waals surface area contributed by atoms with Crippen LogP contribution in [0.1, 0.15) is 40.5 Å². The normalized spacial score (nSPS) is 11.5. The van der Waals surface area contributed by atoms with Gasteiger partial charge in [0.25, 0.3) is 5.91 Å². The van der Waals surface area contributed by atoms with Crippen LogP contribution in [-0.4, -0.2) is 23.3 Å². The van der Waals surface area contributed by atoms with Gasteiger partial charge in [-0.05, 0) is 48.4 Å². The van der Waals surface area contributed by atoms with Crippen LogP contribution in [0.2, 0.25) is 5.02 Å². The van der Waals surface area contributed by atoms with Gasteiger partial charge in [0.1, 0.15) is 0 Å². The Hall–Kier alpha value is -3.18. The molecule has 0 aliphatic carbocycles. The average Bonchev–Trinajstić information content (AvgIpc) is 2.76. The van der Waals surface area contributed by atoms with Crippen LogP contribution < -0.4 is 10.6 Å². The van der Waals surface area contributed by atoms with Crippen molar-refractivity contribution in [2.75, 3.05) is 6.54 Å². The third-order valence-electron chi connectivity index (χ3n) is 4.39. The van der Waals surface area contributed by atoms with E-state index in [0.29, 0.717) is 30.0 Å². The van der Waals surface area contributed by atoms with Crippen molar-refractivity contribution in [2.45, 2.75) is 18.9 Å². The van der Waals surface area contributed by atoms with E-state index in [1.807, 2.05) is 48.5 Å². The lowest BCUT2D eigenvalue weighted by Gasteiger charge is -2.19. The maximum Gasteiger partial charge on any atom is 0.251 e. The van der Waals surface area contributed by atoms with Gasteiger partial charge in [-0.2, -0.15) is 0 Å². The van der Waals surface area contributed by atoms with Crippen LogP contribution in [0.25, 0.3) is 0 Å². The summed E-state index contributed by atoms with van der Waals surface area (Å²) in [6.07, 6.45) is 2.55. The summed E-state index contributed by atoms with van der Waals surface area (Å²) in [4.78, 5) is 29.0. The van der Waals surface area contributed by atoms with Gasteiger partial charge in [0.2, 0.25) is 5.91 Å². The van der Waals surface area contributed by atoms with Crippen LogP contribution in [0.4, 0.5) is 0 Å². The second kappa shape index (κ2) is 10.4. The molecule has 0 fully saturated rings. The van der Waals surface area contributed by atoms with Crippen LogP contribution >= 0.6 is 11.6 Å². The Labute approximate surface area is 175 Å². The molecule has 0 saturated carbocycles. The number of nitrogens with one attached hydrogen (secondary N) is 2. The first-order valence-corrected chi connectivity index (χ1v) is 9.80. The first-order chi connectivity index (χ1) is 14.1. The van der Waals surface area contributed by atoms with Crippen molar-refractivity contribution in [2.24, 2.45) is 0 Å². The quantitative estimate of drug-likeness (QED) is 0.551. The highest BCUT2D eigenvalue weighted by Gasteiger charge is 2.17. The number of carbonyl (C=O) groups is 2. The second-order valence-corrected chi connectivity index (χ2v) is 6.97. The molecule has 0 bridgehead atoms. The van der Waals surface area contributed by atoms with Gasteiger partial charge in [0.05, 0.1) is 11.7 Å². The Morgan fingerprint density at radius 2 is 1.66 bits per heavy atom. The number of hydrogen-bond acceptors (Lipinski definition) is 3. The predicted molar refractivity (Wildman–Crippen MR) is 114 cm³/mol. The predicted octanol–water partition coefficient (Wildman–Crippen LogP) is 4.15. The summed E-state index contributed by atoms with van der Waals surface area (Å²) in [5.74, 6) is -0.275. The Balaban J connectivity index is 1.51. The molecule has 3 rings (SSSR count). The van der Waals surface area contributed by atoms with Crippen molar-refractivity contribution in [3.8, 4) is 0 Å². The molecule has 1 unspecified atom stereocenters. The van der Waals surface area contributed by atoms with Crippen LogP contribution in [-0.2, 0) is 4.79 Å². The van der Waals surface area contributed by atoms with E-state index in [1.165, 1.54) is 0 Å². The van der Waals surface area contributed by atoms with E-state index >= 15 is 0 Å². The van der Waals surface area contributed by atoms with Crippen LogP contribution in [0.5, 0.6) is 0 Å². The fourth-order valence-corrected chi connectivity index (χ4v) is 3.03. The molecule has 29 heavy (non-hydrogen) atoms. The summed E-state index contributed by atoms with van der Waals surface area (Å²) in [7, 11) is 0. The number of hydrogen-bond donors (Lipinski definition) is 2. The van der Waals surface area contributed by atoms with E-state index in [0.717, 1.165) is 11.3 Å². The molecule has 1 atom stereocenters. The third-order valence-corrected chi connectivity index (χ3v) is 4.65. The van der Waals surface area contributed by atoms with E-state index in [1.54, 1.807) is 30.5 Å². The molecule has 0 aliphatic rings. The zero-order valence-corrected chi connectivity index (χ0v) is 16.6. The first kappa shape index (κ1) is 20.6. The summed E-state index contributed by atoms with van der Waals surface area (Å²) < 4.78 is 0. The molecule has 2 aromatic carbocycles. The maximum atomic E-state index is 12.5. The molecule has 0 saturated heterocycles. The fraction of sp³-hybridized carbons (Fsp3) is 0.174. The molecule has 0 radical (unpaired) electrons. The van der Waals surface area contributed by atoms with Crippen LogP contribution in [0.15, 0.2) is 79.0 Å². The van der Waals surface area contributed by atoms with Crippen molar-refractivity contribution in [3.63, 3.8) is 0 Å². The number of amides is 2. The number of benzene rings is 2. The lowest BCUT2D eigenvalue weighted by Crippen LogP contribution is -2.31. The van der Waals surface area contributed by atoms with Crippen molar-refractivity contribution in [1.82, 2.24) is 15.6 Å². The van der Waals surface area contributed by atoms with Crippen molar-refractivity contribution in [1.29, 1.82) is 0 Å². The van der Waals surface area contributed by atoms with Gasteiger partial charge in [-0.3, -0.25) is 14.6 Å². The van der Waals surface area contributed by atoms with Gasteiger partial charge in [0.15, 0.2) is 0 Å². The monoisotopic (exact) mass is 407 g/mol. The number of halogens is 1. The highest BCUT2D eigenvalue weighted by molar-refractivity contribution is 6.30. The molecule has 1 aromatic heterocycles. The van der Waals surface area contributed by atoms with Gasteiger partial charge in [-0.1, -0.05) is 48.0 Å². The van der Waals surface area contributed by atoms with E-state index in [2.05, 4.69) is 15.6 Å². The molecule has 6 heteroatoms. The Morgan fingerprint density at radius 3 is 2.34 bits per heavy atom. The van der Waals surface area contributed by atoms with Gasteiger partial charge in [-0.15, -0.1) is 0 Å². The number of aromatic nitrogens is 1. The average molecular weight is 408 g/mol. The summed E-state index contributed by atoms with van der Waals surface area (Å²) >= 11 is 5.83. The lowest BCUT2D eigenvalue weighted by molar-refractivity contribution is -0.121. The van der Waals surface area contributed by atoms with Crippen molar-refractivity contribution in [3.05, 3.63) is 101 Å². The summed E-state index contributed by atoms with van der Waals surface area (Å²) in [5, 5.41) is 6.45. The topological polar surface area (TPSA) is 71.1 Å². The molecule has 148 valence electrons. The minimum Gasteiger partial charge on any atom is -0.352 e. The Morgan fingerprint density at radius 1 is 0.931 bits per heavy atom. The third kappa shape index (κ3) is 6.16. The van der Waals surface area contributed by atoms with Gasteiger partial charge >= 0.3 is 0 Å². The molecule has 2 N–H and O–H groups in total. The number of pyridine rings is 1. The SMILES string of the molecule is O=C(CCCNC(=O)c1ccc(Cl)cc1)NC(c1ccccc1)c1ccccn1. The Kier molecular flexibility index (Phi) is 7.36. The highest BCUT2D eigenvalue weighted by Crippen LogP contribution is 2.20. The van der Waals surface area contributed by atoms with Crippen molar-refractivity contribution < 1.29 is 9.59 Å². The minimum atomic E-state index is -0.312. The molecule has 1 heterocycles. The van der Waals surface area contributed by atoms with E-state index in [4.69, 9.17) is 11.6 Å². The number of rotatable bonds is 8. The zero-order valence-electron chi connectivity index (χ0n) is 15.8. The van der Waals surface area contributed by atoms with Crippen LogP contribution in [0, 0.1) is 0 Å². The number of carbonyl (C=O) groups excluding carboxylic acids is 2. The zero-order chi connectivity index (χ0) is 20.5. The standard InChI is InChI=1S/C23H22ClN3O2/c24-19-13-11-18(12-14-19)23(29)26-16-6-10-21(28)27-22(17-7-2-1-3-8-17)20-9-4-5-15-25-20/h1-5,7-9,11-15,22H,6,10,16H2,(H,26,29)(H,27,28). The van der Waals surface area contributed by atoms with Crippen LogP contribution in [0.3, 0.4) is 0 Å². The molecular weight excluding hydrogens is 386 g/mol. The minimum absolute atomic E-state index is 0.0924. The fourth-order valence-electron chi connectivity index (χ4n) is 2.91. The van der Waals surface area contributed by atoms with Crippen molar-refractivity contribution >= 4 is 23.4 Å². The smallest absolute Gasteiger partial charge is 0.251 e. The molecule has 2 amide bonds. The molecular formula is C23H22ClN3O2. The maximum absolute atomic E-state index is 12.5. The summed E-state index contributed by atoms with van der Waals surface area (Å²) in [6, 6.07) is 21.7.